The molecular weight excluding hydrogens is 347 g/mol. The van der Waals surface area contributed by atoms with Gasteiger partial charge < -0.3 is 5.32 Å². The smallest absolute Gasteiger partial charge is 0.257 e. The summed E-state index contributed by atoms with van der Waals surface area (Å²) < 4.78 is 1.02. The Morgan fingerprint density at radius 3 is 2.82 bits per heavy atom. The van der Waals surface area contributed by atoms with Gasteiger partial charge >= 0.3 is 0 Å². The molecule has 0 heterocycles. The maximum atomic E-state index is 11.8. The highest BCUT2D eigenvalue weighted by atomic mass is 127. The summed E-state index contributed by atoms with van der Waals surface area (Å²) in [7, 11) is 0. The van der Waals surface area contributed by atoms with Crippen LogP contribution in [0.2, 0.25) is 0 Å². The van der Waals surface area contributed by atoms with Crippen LogP contribution in [0.15, 0.2) is 24.3 Å². The van der Waals surface area contributed by atoms with E-state index in [1.807, 2.05) is 25.1 Å². The summed E-state index contributed by atoms with van der Waals surface area (Å²) in [4.78, 5) is 11.8. The number of carbonyl (C=O) groups is 1. The number of benzene rings is 1. The van der Waals surface area contributed by atoms with E-state index in [-0.39, 0.29) is 11.9 Å². The van der Waals surface area contributed by atoms with Crippen LogP contribution in [0.4, 0.5) is 0 Å². The van der Waals surface area contributed by atoms with Crippen LogP contribution in [0.5, 0.6) is 0 Å². The third kappa shape index (κ3) is 4.99. The molecule has 0 bridgehead atoms. The minimum Gasteiger partial charge on any atom is -0.360 e. The summed E-state index contributed by atoms with van der Waals surface area (Å²) in [6, 6.07) is 7.64. The molecule has 1 unspecified atom stereocenters. The fourth-order valence-corrected chi connectivity index (χ4v) is 2.00. The highest BCUT2D eigenvalue weighted by molar-refractivity contribution is 14.1. The quantitative estimate of drug-likeness (QED) is 0.642. The standard InChI is InChI=1S/C12H15IN2OS/c1-3-8(2)14-12(17)15-11(16)9-5-4-6-10(13)7-9/h4-8H,3H2,1-2H3,(H2,14,15,16,17). The van der Waals surface area contributed by atoms with Crippen molar-refractivity contribution in [3.8, 4) is 0 Å². The first-order chi connectivity index (χ1) is 8.02. The molecule has 1 aromatic rings. The van der Waals surface area contributed by atoms with Crippen LogP contribution in [-0.2, 0) is 0 Å². The van der Waals surface area contributed by atoms with Crippen molar-refractivity contribution in [2.75, 3.05) is 0 Å². The average molecular weight is 362 g/mol. The van der Waals surface area contributed by atoms with Crippen LogP contribution in [0, 0.1) is 3.57 Å². The predicted molar refractivity (Wildman–Crippen MR) is 82.1 cm³/mol. The monoisotopic (exact) mass is 362 g/mol. The van der Waals surface area contributed by atoms with Crippen molar-refractivity contribution in [1.29, 1.82) is 0 Å². The molecule has 1 atom stereocenters. The number of thiocarbonyl (C=S) groups is 1. The summed E-state index contributed by atoms with van der Waals surface area (Å²) in [6.07, 6.45) is 0.958. The van der Waals surface area contributed by atoms with E-state index in [1.54, 1.807) is 6.07 Å². The molecule has 0 spiro atoms. The Bertz CT molecular complexity index is 423. The van der Waals surface area contributed by atoms with Gasteiger partial charge in [0.2, 0.25) is 0 Å². The zero-order valence-electron chi connectivity index (χ0n) is 9.79. The summed E-state index contributed by atoms with van der Waals surface area (Å²) in [5.74, 6) is -0.177. The Hall–Kier alpha value is -0.690. The van der Waals surface area contributed by atoms with E-state index < -0.39 is 0 Å². The zero-order valence-corrected chi connectivity index (χ0v) is 12.8. The highest BCUT2D eigenvalue weighted by Gasteiger charge is 2.08. The van der Waals surface area contributed by atoms with Crippen molar-refractivity contribution >= 4 is 45.8 Å². The maximum absolute atomic E-state index is 11.8. The van der Waals surface area contributed by atoms with Crippen LogP contribution < -0.4 is 10.6 Å². The molecule has 17 heavy (non-hydrogen) atoms. The summed E-state index contributed by atoms with van der Waals surface area (Å²) in [5.41, 5.74) is 0.616. The van der Waals surface area contributed by atoms with E-state index in [2.05, 4.69) is 40.1 Å². The largest absolute Gasteiger partial charge is 0.360 e. The molecule has 1 aromatic carbocycles. The summed E-state index contributed by atoms with van der Waals surface area (Å²) >= 11 is 7.23. The van der Waals surface area contributed by atoms with Gasteiger partial charge in [-0.25, -0.2) is 0 Å². The van der Waals surface area contributed by atoms with Crippen LogP contribution >= 0.6 is 34.8 Å². The van der Waals surface area contributed by atoms with E-state index in [9.17, 15) is 4.79 Å². The van der Waals surface area contributed by atoms with Crippen molar-refractivity contribution in [1.82, 2.24) is 10.6 Å². The molecule has 92 valence electrons. The number of hydrogen-bond acceptors (Lipinski definition) is 2. The van der Waals surface area contributed by atoms with Gasteiger partial charge in [0.25, 0.3) is 5.91 Å². The number of hydrogen-bond donors (Lipinski definition) is 2. The zero-order chi connectivity index (χ0) is 12.8. The van der Waals surface area contributed by atoms with Crippen LogP contribution in [-0.4, -0.2) is 17.1 Å². The van der Waals surface area contributed by atoms with Gasteiger partial charge in [0.1, 0.15) is 0 Å². The molecule has 0 fully saturated rings. The molecule has 1 rings (SSSR count). The second-order valence-corrected chi connectivity index (χ2v) is 5.40. The van der Waals surface area contributed by atoms with Crippen LogP contribution in [0.25, 0.3) is 0 Å². The van der Waals surface area contributed by atoms with E-state index in [0.717, 1.165) is 9.99 Å². The molecule has 2 N–H and O–H groups in total. The molecule has 5 heteroatoms. The molecule has 0 aromatic heterocycles. The molecule has 0 aliphatic heterocycles. The van der Waals surface area contributed by atoms with Crippen molar-refractivity contribution in [3.05, 3.63) is 33.4 Å². The Kier molecular flexibility index (Phi) is 5.84. The number of carbonyl (C=O) groups excluding carboxylic acids is 1. The minimum atomic E-state index is -0.177. The number of nitrogens with one attached hydrogen (secondary N) is 2. The van der Waals surface area contributed by atoms with Gasteiger partial charge in [-0.3, -0.25) is 10.1 Å². The van der Waals surface area contributed by atoms with Gasteiger partial charge in [0, 0.05) is 15.2 Å². The van der Waals surface area contributed by atoms with Gasteiger partial charge in [-0.05, 0) is 66.4 Å². The number of rotatable bonds is 3. The van der Waals surface area contributed by atoms with Gasteiger partial charge in [-0.1, -0.05) is 13.0 Å². The molecule has 0 aliphatic carbocycles. The lowest BCUT2D eigenvalue weighted by molar-refractivity contribution is 0.0976. The third-order valence-electron chi connectivity index (χ3n) is 2.30. The number of halogens is 1. The fraction of sp³-hybridized carbons (Fsp3) is 0.333. The first-order valence-electron chi connectivity index (χ1n) is 5.40. The van der Waals surface area contributed by atoms with E-state index >= 15 is 0 Å². The topological polar surface area (TPSA) is 41.1 Å². The molecular formula is C12H15IN2OS. The number of amides is 1. The Morgan fingerprint density at radius 2 is 2.24 bits per heavy atom. The Morgan fingerprint density at radius 1 is 1.53 bits per heavy atom. The summed E-state index contributed by atoms with van der Waals surface area (Å²) in [5, 5.41) is 6.09. The van der Waals surface area contributed by atoms with Gasteiger partial charge in [0.15, 0.2) is 5.11 Å². The van der Waals surface area contributed by atoms with Crippen molar-refractivity contribution in [2.24, 2.45) is 0 Å². The van der Waals surface area contributed by atoms with E-state index in [0.29, 0.717) is 10.7 Å². The lowest BCUT2D eigenvalue weighted by Gasteiger charge is -2.14. The average Bonchev–Trinajstić information content (AvgIpc) is 2.28. The fourth-order valence-electron chi connectivity index (χ4n) is 1.17. The molecule has 0 aliphatic rings. The van der Waals surface area contributed by atoms with Crippen molar-refractivity contribution < 1.29 is 4.79 Å². The molecule has 0 saturated carbocycles. The third-order valence-corrected chi connectivity index (χ3v) is 3.19. The summed E-state index contributed by atoms with van der Waals surface area (Å²) in [6.45, 7) is 4.07. The van der Waals surface area contributed by atoms with E-state index in [4.69, 9.17) is 12.2 Å². The van der Waals surface area contributed by atoms with Gasteiger partial charge in [0.05, 0.1) is 0 Å². The first kappa shape index (κ1) is 14.4. The molecule has 0 saturated heterocycles. The molecule has 1 amide bonds. The lowest BCUT2D eigenvalue weighted by atomic mass is 10.2. The van der Waals surface area contributed by atoms with Gasteiger partial charge in [-0.2, -0.15) is 0 Å². The maximum Gasteiger partial charge on any atom is 0.257 e. The predicted octanol–water partition coefficient (Wildman–Crippen LogP) is 2.69. The second kappa shape index (κ2) is 6.90. The molecule has 3 nitrogen and oxygen atoms in total. The highest BCUT2D eigenvalue weighted by Crippen LogP contribution is 2.07. The van der Waals surface area contributed by atoms with Crippen molar-refractivity contribution in [3.63, 3.8) is 0 Å². The SMILES string of the molecule is CCC(C)NC(=S)NC(=O)c1cccc(I)c1. The minimum absolute atomic E-state index is 0.177. The van der Waals surface area contributed by atoms with E-state index in [1.165, 1.54) is 0 Å². The Balaban J connectivity index is 2.58. The van der Waals surface area contributed by atoms with Crippen LogP contribution in [0.3, 0.4) is 0 Å². The van der Waals surface area contributed by atoms with Gasteiger partial charge in [-0.15, -0.1) is 0 Å². The first-order valence-corrected chi connectivity index (χ1v) is 6.89. The second-order valence-electron chi connectivity index (χ2n) is 3.75. The normalized spacial score (nSPS) is 11.7. The molecule has 0 radical (unpaired) electrons. The van der Waals surface area contributed by atoms with Crippen LogP contribution in [0.1, 0.15) is 30.6 Å². The lowest BCUT2D eigenvalue weighted by Crippen LogP contribution is -2.43. The Labute approximate surface area is 121 Å². The van der Waals surface area contributed by atoms with Crippen molar-refractivity contribution in [2.45, 2.75) is 26.3 Å².